The average Bonchev–Trinajstić information content (AvgIpc) is 3.69. The molecule has 2 saturated carbocycles. The van der Waals surface area contributed by atoms with Crippen molar-refractivity contribution < 1.29 is 28.2 Å². The Morgan fingerprint density at radius 3 is 2.49 bits per heavy atom. The van der Waals surface area contributed by atoms with Gasteiger partial charge in [0.1, 0.15) is 11.1 Å². The number of rotatable bonds is 2. The van der Waals surface area contributed by atoms with E-state index in [0.29, 0.717) is 37.7 Å². The number of aromatic nitrogens is 2. The number of esters is 1. The maximum atomic E-state index is 13.1. The van der Waals surface area contributed by atoms with E-state index >= 15 is 0 Å². The van der Waals surface area contributed by atoms with E-state index < -0.39 is 0 Å². The first-order valence-electron chi connectivity index (χ1n) is 18.7. The minimum atomic E-state index is -0.260. The van der Waals surface area contributed by atoms with Crippen molar-refractivity contribution >= 4 is 28.0 Å². The monoisotopic (exact) mass is 666 g/mol. The molecule has 3 unspecified atom stereocenters. The molecule has 0 saturated heterocycles. The lowest BCUT2D eigenvalue weighted by Crippen LogP contribution is -2.37. The third-order valence-electron chi connectivity index (χ3n) is 11.5. The number of carbonyl (C=O) groups excluding carboxylic acids is 1. The Balaban J connectivity index is 1.18. The van der Waals surface area contributed by atoms with Gasteiger partial charge in [-0.3, -0.25) is 4.79 Å². The molecule has 4 aromatic rings. The lowest BCUT2D eigenvalue weighted by Gasteiger charge is -2.42. The molecule has 49 heavy (non-hydrogen) atoms. The van der Waals surface area contributed by atoms with Crippen molar-refractivity contribution in [1.82, 2.24) is 9.97 Å². The van der Waals surface area contributed by atoms with Crippen LogP contribution in [0.4, 0.5) is 0 Å². The topological polar surface area (TPSA) is 92.9 Å². The summed E-state index contributed by atoms with van der Waals surface area (Å²) in [4.78, 5) is 23.0. The molecule has 5 atom stereocenters. The molecule has 9 rings (SSSR count). The third-order valence-corrected chi connectivity index (χ3v) is 11.5. The molecule has 0 spiro atoms. The van der Waals surface area contributed by atoms with E-state index in [1.54, 1.807) is 0 Å². The van der Waals surface area contributed by atoms with E-state index in [9.17, 15) is 4.79 Å². The predicted molar refractivity (Wildman–Crippen MR) is 188 cm³/mol. The van der Waals surface area contributed by atoms with Gasteiger partial charge in [0, 0.05) is 17.2 Å². The zero-order chi connectivity index (χ0) is 33.5. The van der Waals surface area contributed by atoms with Gasteiger partial charge in [-0.05, 0) is 120 Å². The van der Waals surface area contributed by atoms with Crippen LogP contribution in [0.15, 0.2) is 52.9 Å². The number of hydrogen-bond donors (Lipinski definition) is 0. The molecule has 2 fully saturated rings. The van der Waals surface area contributed by atoms with Crippen LogP contribution in [0.5, 0.6) is 6.01 Å². The second-order valence-electron chi connectivity index (χ2n) is 15.8. The highest BCUT2D eigenvalue weighted by atomic mass is 16.5. The van der Waals surface area contributed by atoms with E-state index in [0.717, 1.165) is 92.0 Å². The van der Waals surface area contributed by atoms with Crippen molar-refractivity contribution in [2.75, 3.05) is 19.8 Å². The summed E-state index contributed by atoms with van der Waals surface area (Å²) in [6.07, 6.45) is 9.24. The fourth-order valence-corrected chi connectivity index (χ4v) is 9.06. The van der Waals surface area contributed by atoms with Gasteiger partial charge in [-0.15, -0.1) is 0 Å². The summed E-state index contributed by atoms with van der Waals surface area (Å²) >= 11 is 0. The van der Waals surface area contributed by atoms with E-state index in [1.807, 2.05) is 18.2 Å². The first-order chi connectivity index (χ1) is 23.8. The first-order valence-corrected chi connectivity index (χ1v) is 18.7. The average molecular weight is 667 g/mol. The van der Waals surface area contributed by atoms with Crippen molar-refractivity contribution in [3.05, 3.63) is 65.4 Å². The summed E-state index contributed by atoms with van der Waals surface area (Å²) in [6, 6.07) is 17.4. The quantitative estimate of drug-likeness (QED) is 0.196. The molecule has 4 heterocycles. The van der Waals surface area contributed by atoms with Crippen molar-refractivity contribution in [2.24, 2.45) is 17.8 Å². The molecule has 8 heteroatoms. The fraction of sp³-hybridized carbons (Fsp3) is 0.585. The Morgan fingerprint density at radius 2 is 1.65 bits per heavy atom. The van der Waals surface area contributed by atoms with E-state index in [2.05, 4.69) is 51.1 Å². The molecule has 8 nitrogen and oxygen atoms in total. The summed E-state index contributed by atoms with van der Waals surface area (Å²) in [5.74, 6) is 1.00. The second-order valence-corrected chi connectivity index (χ2v) is 15.8. The molecule has 2 aliphatic heterocycles. The molecule has 2 aromatic carbocycles. The number of hydrogen-bond acceptors (Lipinski definition) is 8. The highest BCUT2D eigenvalue weighted by Gasteiger charge is 2.44. The number of nitrogens with zero attached hydrogens (tertiary/aromatic N) is 2. The van der Waals surface area contributed by atoms with Gasteiger partial charge < -0.3 is 23.4 Å². The summed E-state index contributed by atoms with van der Waals surface area (Å²) in [5.41, 5.74) is 5.83. The van der Waals surface area contributed by atoms with Crippen LogP contribution in [0.2, 0.25) is 0 Å². The van der Waals surface area contributed by atoms with E-state index in [1.165, 1.54) is 11.1 Å². The van der Waals surface area contributed by atoms with Gasteiger partial charge in [0.15, 0.2) is 5.58 Å². The zero-order valence-electron chi connectivity index (χ0n) is 29.2. The lowest BCUT2D eigenvalue weighted by molar-refractivity contribution is -0.150. The molecule has 0 N–H and O–H groups in total. The second kappa shape index (κ2) is 13.7. The Bertz CT molecular complexity index is 1790. The van der Waals surface area contributed by atoms with Crippen LogP contribution in [-0.2, 0) is 25.4 Å². The molecular weight excluding hydrogens is 616 g/mol. The van der Waals surface area contributed by atoms with E-state index in [4.69, 9.17) is 33.3 Å². The maximum Gasteiger partial charge on any atom is 0.317 e. The molecule has 6 bridgehead atoms. The number of aryl methyl sites for hydroxylation is 1. The zero-order valence-corrected chi connectivity index (χ0v) is 29.2. The van der Waals surface area contributed by atoms with Crippen LogP contribution in [0.25, 0.3) is 22.1 Å². The van der Waals surface area contributed by atoms with Crippen LogP contribution < -0.4 is 4.74 Å². The molecule has 0 radical (unpaired) electrons. The normalized spacial score (nSPS) is 29.6. The number of benzene rings is 2. The summed E-state index contributed by atoms with van der Waals surface area (Å²) < 4.78 is 32.3. The predicted octanol–water partition coefficient (Wildman–Crippen LogP) is 8.69. The number of carbonyl (C=O) groups is 1. The highest BCUT2D eigenvalue weighted by Crippen LogP contribution is 2.49. The Morgan fingerprint density at radius 1 is 0.878 bits per heavy atom. The number of ether oxygens (including phenoxy) is 4. The van der Waals surface area contributed by atoms with Crippen LogP contribution in [0, 0.1) is 17.8 Å². The molecule has 5 aliphatic rings. The number of fused-ring (bicyclic) bond motifs is 12. The molecule has 2 aromatic heterocycles. The van der Waals surface area contributed by atoms with Gasteiger partial charge >= 0.3 is 12.0 Å². The van der Waals surface area contributed by atoms with Crippen LogP contribution in [-0.4, -0.2) is 53.6 Å². The maximum absolute atomic E-state index is 13.1. The van der Waals surface area contributed by atoms with Crippen LogP contribution in [0.1, 0.15) is 107 Å². The summed E-state index contributed by atoms with van der Waals surface area (Å²) in [7, 11) is 0. The van der Waals surface area contributed by atoms with Gasteiger partial charge in [-0.2, -0.15) is 9.97 Å². The molecule has 3 aliphatic carbocycles. The standard InChI is InChI=1S/C41H50N2O6/c1-41(2,3)47-24-28-22-29-23-32(28)37-38-36(31-12-6-7-13-33(31)49-38)42-40(43-37)46-21-9-8-20-45-39(44)27-16-14-26(15-17-27)35-30-11-5-4-10-25(30)18-19-34(35)48-29/h4-7,10-13,26-29,32,34-35H,8-9,14-24H2,1-3H3/t26?,27?,28-,29-,32?,34?,35?/m0/s1. The van der Waals surface area contributed by atoms with Crippen molar-refractivity contribution in [2.45, 2.75) is 115 Å². The van der Waals surface area contributed by atoms with Gasteiger partial charge in [0.2, 0.25) is 0 Å². The third kappa shape index (κ3) is 6.83. The minimum absolute atomic E-state index is 0.0150. The Kier molecular flexibility index (Phi) is 9.12. The van der Waals surface area contributed by atoms with Crippen molar-refractivity contribution in [1.29, 1.82) is 0 Å². The van der Waals surface area contributed by atoms with Gasteiger partial charge in [-0.25, -0.2) is 0 Å². The van der Waals surface area contributed by atoms with E-state index in [-0.39, 0.29) is 41.5 Å². The van der Waals surface area contributed by atoms with Gasteiger partial charge in [-0.1, -0.05) is 36.4 Å². The number of furan rings is 1. The minimum Gasteiger partial charge on any atom is -0.465 e. The Labute approximate surface area is 289 Å². The molecular formula is C41H50N2O6. The van der Waals surface area contributed by atoms with Crippen molar-refractivity contribution in [3.63, 3.8) is 0 Å². The lowest BCUT2D eigenvalue weighted by atomic mass is 9.67. The smallest absolute Gasteiger partial charge is 0.317 e. The van der Waals surface area contributed by atoms with Crippen molar-refractivity contribution in [3.8, 4) is 6.01 Å². The summed E-state index contributed by atoms with van der Waals surface area (Å²) in [6.45, 7) is 7.82. The fourth-order valence-electron chi connectivity index (χ4n) is 9.06. The molecule has 260 valence electrons. The largest absolute Gasteiger partial charge is 0.465 e. The van der Waals surface area contributed by atoms with Gasteiger partial charge in [0.05, 0.1) is 49.2 Å². The first kappa shape index (κ1) is 32.7. The Hall–Kier alpha value is -3.49. The highest BCUT2D eigenvalue weighted by molar-refractivity contribution is 6.03. The SMILES string of the molecule is CC(C)(C)OC[C@@H]1C[C@H]2CC1c1nc(nc3c1oc1ccccc13)OCCCCOC(=O)C1CCC(CC1)C1c3ccccc3CCC1O2. The molecule has 0 amide bonds. The van der Waals surface area contributed by atoms with Crippen LogP contribution in [0.3, 0.4) is 0 Å². The number of para-hydroxylation sites is 1. The van der Waals surface area contributed by atoms with Gasteiger partial charge in [0.25, 0.3) is 0 Å². The van der Waals surface area contributed by atoms with Crippen LogP contribution >= 0.6 is 0 Å². The summed E-state index contributed by atoms with van der Waals surface area (Å²) in [5, 5.41) is 0.958.